The average Bonchev–Trinajstić information content (AvgIpc) is 2.32. The first-order valence-corrected chi connectivity index (χ1v) is 5.96. The van der Waals surface area contributed by atoms with Gasteiger partial charge < -0.3 is 20.9 Å². The molecule has 0 aromatic heterocycles. The maximum atomic E-state index is 11.1. The number of carbonyl (C=O) groups is 1. The summed E-state index contributed by atoms with van der Waals surface area (Å²) < 4.78 is 5.12. The van der Waals surface area contributed by atoms with Gasteiger partial charge in [0, 0.05) is 24.5 Å². The quantitative estimate of drug-likeness (QED) is 0.648. The van der Waals surface area contributed by atoms with Crippen molar-refractivity contribution in [2.24, 2.45) is 0 Å². The Balaban J connectivity index is 2.90. The van der Waals surface area contributed by atoms with Crippen molar-refractivity contribution < 1.29 is 14.6 Å². The minimum Gasteiger partial charge on any atom is -0.478 e. The molecule has 0 spiro atoms. The molecule has 0 radical (unpaired) electrons. The van der Waals surface area contributed by atoms with Crippen LogP contribution >= 0.6 is 0 Å². The van der Waals surface area contributed by atoms with Gasteiger partial charge in [-0.25, -0.2) is 4.79 Å². The van der Waals surface area contributed by atoms with E-state index in [9.17, 15) is 4.79 Å². The third-order valence-electron chi connectivity index (χ3n) is 2.64. The summed E-state index contributed by atoms with van der Waals surface area (Å²) in [5, 5.41) is 12.3. The SMILES string of the molecule is CCCC(COC)Nc1ccc(N)cc1C(=O)O. The summed E-state index contributed by atoms with van der Waals surface area (Å²) in [5.74, 6) is -0.988. The minimum absolute atomic E-state index is 0.0988. The van der Waals surface area contributed by atoms with Crippen molar-refractivity contribution in [2.75, 3.05) is 24.8 Å². The molecule has 0 bridgehead atoms. The molecule has 5 heteroatoms. The van der Waals surface area contributed by atoms with Crippen LogP contribution in [0.5, 0.6) is 0 Å². The molecule has 1 unspecified atom stereocenters. The topological polar surface area (TPSA) is 84.6 Å². The molecule has 0 fully saturated rings. The highest BCUT2D eigenvalue weighted by Crippen LogP contribution is 2.20. The van der Waals surface area contributed by atoms with E-state index in [1.54, 1.807) is 19.2 Å². The molecule has 100 valence electrons. The van der Waals surface area contributed by atoms with E-state index < -0.39 is 5.97 Å². The zero-order chi connectivity index (χ0) is 13.5. The van der Waals surface area contributed by atoms with Crippen LogP contribution in [-0.2, 0) is 4.74 Å². The summed E-state index contributed by atoms with van der Waals surface area (Å²) in [6.45, 7) is 2.61. The Kier molecular flexibility index (Phi) is 5.45. The zero-order valence-corrected chi connectivity index (χ0v) is 10.8. The molecule has 1 aromatic carbocycles. The molecule has 0 amide bonds. The van der Waals surface area contributed by atoms with Crippen LogP contribution in [0.3, 0.4) is 0 Å². The predicted octanol–water partition coefficient (Wildman–Crippen LogP) is 2.19. The molecule has 0 heterocycles. The first kappa shape index (κ1) is 14.3. The number of hydrogen-bond donors (Lipinski definition) is 3. The highest BCUT2D eigenvalue weighted by Gasteiger charge is 2.14. The molecule has 1 atom stereocenters. The van der Waals surface area contributed by atoms with Gasteiger partial charge >= 0.3 is 5.97 Å². The monoisotopic (exact) mass is 252 g/mol. The Morgan fingerprint density at radius 2 is 2.28 bits per heavy atom. The van der Waals surface area contributed by atoms with Crippen molar-refractivity contribution in [3.8, 4) is 0 Å². The number of ether oxygens (including phenoxy) is 1. The summed E-state index contributed by atoms with van der Waals surface area (Å²) in [6, 6.07) is 4.93. The van der Waals surface area contributed by atoms with Crippen molar-refractivity contribution in [3.63, 3.8) is 0 Å². The number of hydrogen-bond acceptors (Lipinski definition) is 4. The summed E-state index contributed by atoms with van der Waals surface area (Å²) in [5.41, 5.74) is 6.80. The second kappa shape index (κ2) is 6.86. The second-order valence-corrected chi connectivity index (χ2v) is 4.20. The van der Waals surface area contributed by atoms with Crippen LogP contribution in [0.15, 0.2) is 18.2 Å². The number of nitrogens with two attached hydrogens (primary N) is 1. The van der Waals surface area contributed by atoms with Crippen LogP contribution in [0, 0.1) is 0 Å². The van der Waals surface area contributed by atoms with Gasteiger partial charge in [-0.1, -0.05) is 13.3 Å². The highest BCUT2D eigenvalue weighted by atomic mass is 16.5. The van der Waals surface area contributed by atoms with Gasteiger partial charge in [0.15, 0.2) is 0 Å². The normalized spacial score (nSPS) is 12.1. The van der Waals surface area contributed by atoms with E-state index in [1.807, 2.05) is 0 Å². The number of carboxylic acids is 1. The average molecular weight is 252 g/mol. The van der Waals surface area contributed by atoms with Gasteiger partial charge in [0.25, 0.3) is 0 Å². The summed E-state index contributed by atoms with van der Waals surface area (Å²) in [4.78, 5) is 11.1. The fraction of sp³-hybridized carbons (Fsp3) is 0.462. The fourth-order valence-electron chi connectivity index (χ4n) is 1.83. The van der Waals surface area contributed by atoms with Crippen molar-refractivity contribution in [3.05, 3.63) is 23.8 Å². The van der Waals surface area contributed by atoms with Crippen LogP contribution in [-0.4, -0.2) is 30.8 Å². The molecule has 18 heavy (non-hydrogen) atoms. The zero-order valence-electron chi connectivity index (χ0n) is 10.8. The largest absolute Gasteiger partial charge is 0.478 e. The lowest BCUT2D eigenvalue weighted by Crippen LogP contribution is -2.25. The van der Waals surface area contributed by atoms with E-state index in [0.717, 1.165) is 12.8 Å². The van der Waals surface area contributed by atoms with Crippen molar-refractivity contribution in [2.45, 2.75) is 25.8 Å². The van der Waals surface area contributed by atoms with Crippen molar-refractivity contribution in [1.82, 2.24) is 0 Å². The fourth-order valence-corrected chi connectivity index (χ4v) is 1.83. The summed E-state index contributed by atoms with van der Waals surface area (Å²) in [6.07, 6.45) is 1.91. The lowest BCUT2D eigenvalue weighted by atomic mass is 10.1. The van der Waals surface area contributed by atoms with Crippen LogP contribution in [0.4, 0.5) is 11.4 Å². The van der Waals surface area contributed by atoms with Crippen LogP contribution in [0.1, 0.15) is 30.1 Å². The molecule has 0 saturated carbocycles. The molecule has 0 aliphatic rings. The van der Waals surface area contributed by atoms with Gasteiger partial charge in [0.2, 0.25) is 0 Å². The molecule has 0 saturated heterocycles. The number of carboxylic acid groups (broad SMARTS) is 1. The summed E-state index contributed by atoms with van der Waals surface area (Å²) in [7, 11) is 1.63. The third kappa shape index (κ3) is 3.92. The molecule has 1 aromatic rings. The van der Waals surface area contributed by atoms with E-state index >= 15 is 0 Å². The first-order chi connectivity index (χ1) is 8.58. The Bertz CT molecular complexity index is 401. The number of methoxy groups -OCH3 is 1. The van der Waals surface area contributed by atoms with Gasteiger partial charge in [0.05, 0.1) is 12.2 Å². The Hall–Kier alpha value is -1.75. The number of nitrogens with one attached hydrogen (secondary N) is 1. The Labute approximate surface area is 107 Å². The van der Waals surface area contributed by atoms with E-state index in [2.05, 4.69) is 12.2 Å². The van der Waals surface area contributed by atoms with Crippen molar-refractivity contribution in [1.29, 1.82) is 0 Å². The van der Waals surface area contributed by atoms with E-state index in [0.29, 0.717) is 18.0 Å². The number of anilines is 2. The van der Waals surface area contributed by atoms with Gasteiger partial charge in [-0.05, 0) is 24.6 Å². The lowest BCUT2D eigenvalue weighted by molar-refractivity contribution is 0.0698. The smallest absolute Gasteiger partial charge is 0.337 e. The maximum absolute atomic E-state index is 11.1. The number of nitrogen functional groups attached to an aromatic ring is 1. The third-order valence-corrected chi connectivity index (χ3v) is 2.64. The minimum atomic E-state index is -0.988. The Morgan fingerprint density at radius 3 is 2.83 bits per heavy atom. The standard InChI is InChI=1S/C13H20N2O3/c1-3-4-10(8-18-2)15-12-6-5-9(14)7-11(12)13(16)17/h5-7,10,15H,3-4,8,14H2,1-2H3,(H,16,17). The number of rotatable bonds is 7. The molecule has 0 aliphatic carbocycles. The van der Waals surface area contributed by atoms with Gasteiger partial charge in [-0.2, -0.15) is 0 Å². The highest BCUT2D eigenvalue weighted by molar-refractivity contribution is 5.95. The first-order valence-electron chi connectivity index (χ1n) is 5.96. The molecular formula is C13H20N2O3. The molecule has 0 aliphatic heterocycles. The van der Waals surface area contributed by atoms with E-state index in [4.69, 9.17) is 15.6 Å². The van der Waals surface area contributed by atoms with Crippen LogP contribution < -0.4 is 11.1 Å². The van der Waals surface area contributed by atoms with Crippen LogP contribution in [0.25, 0.3) is 0 Å². The van der Waals surface area contributed by atoms with Gasteiger partial charge in [-0.15, -0.1) is 0 Å². The summed E-state index contributed by atoms with van der Waals surface area (Å²) >= 11 is 0. The molecule has 5 nitrogen and oxygen atoms in total. The number of aromatic carboxylic acids is 1. The van der Waals surface area contributed by atoms with E-state index in [-0.39, 0.29) is 11.6 Å². The van der Waals surface area contributed by atoms with Gasteiger partial charge in [0.1, 0.15) is 0 Å². The number of benzene rings is 1. The molecule has 1 rings (SSSR count). The predicted molar refractivity (Wildman–Crippen MR) is 72.0 cm³/mol. The Morgan fingerprint density at radius 1 is 1.56 bits per heavy atom. The molecule has 4 N–H and O–H groups in total. The van der Waals surface area contributed by atoms with Gasteiger partial charge in [-0.3, -0.25) is 0 Å². The van der Waals surface area contributed by atoms with E-state index in [1.165, 1.54) is 6.07 Å². The van der Waals surface area contributed by atoms with Crippen molar-refractivity contribution >= 4 is 17.3 Å². The lowest BCUT2D eigenvalue weighted by Gasteiger charge is -2.20. The second-order valence-electron chi connectivity index (χ2n) is 4.20. The van der Waals surface area contributed by atoms with Crippen LogP contribution in [0.2, 0.25) is 0 Å². The maximum Gasteiger partial charge on any atom is 0.337 e. The molecular weight excluding hydrogens is 232 g/mol.